The van der Waals surface area contributed by atoms with Crippen molar-refractivity contribution in [3.05, 3.63) is 82.3 Å². The van der Waals surface area contributed by atoms with Crippen LogP contribution in [0, 0.1) is 11.6 Å². The lowest BCUT2D eigenvalue weighted by Crippen LogP contribution is -2.30. The largest absolute Gasteiger partial charge is 0.325 e. The Balaban J connectivity index is 1.94. The lowest BCUT2D eigenvalue weighted by molar-refractivity contribution is -0.116. The Morgan fingerprint density at radius 2 is 1.64 bits per heavy atom. The molecule has 144 valence electrons. The van der Waals surface area contributed by atoms with Gasteiger partial charge in [0.05, 0.1) is 0 Å². The second-order valence-corrected chi connectivity index (χ2v) is 6.31. The standard InChI is InChI=1S/C21H19F2N3O2/c1-2-3-18-12-20(28)26(21(25-18)14-4-6-15(22)7-5-14)13-19(27)24-17-10-8-16(23)9-11-17/h4-12H,2-3,13H2,1H3,(H,24,27). The summed E-state index contributed by atoms with van der Waals surface area (Å²) in [5.41, 5.74) is 1.19. The Bertz CT molecular complexity index is 1030. The number of benzene rings is 2. The molecule has 1 aromatic heterocycles. The van der Waals surface area contributed by atoms with Crippen molar-refractivity contribution in [3.8, 4) is 11.4 Å². The molecule has 7 heteroatoms. The second-order valence-electron chi connectivity index (χ2n) is 6.31. The van der Waals surface area contributed by atoms with E-state index in [1.807, 2.05) is 6.92 Å². The Morgan fingerprint density at radius 3 is 2.25 bits per heavy atom. The molecule has 5 nitrogen and oxygen atoms in total. The third-order valence-electron chi connectivity index (χ3n) is 4.10. The fourth-order valence-corrected chi connectivity index (χ4v) is 2.79. The Labute approximate surface area is 160 Å². The molecule has 0 aliphatic carbocycles. The van der Waals surface area contributed by atoms with Crippen LogP contribution in [0.1, 0.15) is 19.0 Å². The maximum atomic E-state index is 13.3. The highest BCUT2D eigenvalue weighted by Gasteiger charge is 2.14. The summed E-state index contributed by atoms with van der Waals surface area (Å²) < 4.78 is 27.5. The van der Waals surface area contributed by atoms with Crippen LogP contribution in [0.3, 0.4) is 0 Å². The molecule has 3 rings (SSSR count). The molecule has 0 aliphatic rings. The second kappa shape index (κ2) is 8.56. The molecule has 2 aromatic carbocycles. The van der Waals surface area contributed by atoms with Gasteiger partial charge in [-0.15, -0.1) is 0 Å². The Kier molecular flexibility index (Phi) is 5.93. The van der Waals surface area contributed by atoms with Gasteiger partial charge in [-0.25, -0.2) is 13.8 Å². The molecular formula is C21H19F2N3O2. The molecule has 0 saturated heterocycles. The predicted octanol–water partition coefficient (Wildman–Crippen LogP) is 3.78. The summed E-state index contributed by atoms with van der Waals surface area (Å²) in [5, 5.41) is 2.62. The number of aryl methyl sites for hydroxylation is 1. The molecule has 0 atom stereocenters. The molecular weight excluding hydrogens is 364 g/mol. The van der Waals surface area contributed by atoms with Gasteiger partial charge in [-0.3, -0.25) is 14.2 Å². The van der Waals surface area contributed by atoms with Crippen molar-refractivity contribution < 1.29 is 13.6 Å². The zero-order valence-corrected chi connectivity index (χ0v) is 15.3. The van der Waals surface area contributed by atoms with Gasteiger partial charge in [0.15, 0.2) is 0 Å². The SMILES string of the molecule is CCCc1cc(=O)n(CC(=O)Nc2ccc(F)cc2)c(-c2ccc(F)cc2)n1. The van der Waals surface area contributed by atoms with Crippen molar-refractivity contribution in [2.24, 2.45) is 0 Å². The molecule has 0 unspecified atom stereocenters. The first-order valence-electron chi connectivity index (χ1n) is 8.88. The molecule has 0 bridgehead atoms. The average Bonchev–Trinajstić information content (AvgIpc) is 2.66. The highest BCUT2D eigenvalue weighted by molar-refractivity contribution is 5.90. The normalized spacial score (nSPS) is 10.7. The van der Waals surface area contributed by atoms with Crippen LogP contribution in [0.5, 0.6) is 0 Å². The van der Waals surface area contributed by atoms with E-state index in [4.69, 9.17) is 0 Å². The summed E-state index contributed by atoms with van der Waals surface area (Å²) in [7, 11) is 0. The third kappa shape index (κ3) is 4.68. The van der Waals surface area contributed by atoms with Gasteiger partial charge in [0.1, 0.15) is 24.0 Å². The molecule has 3 aromatic rings. The molecule has 1 heterocycles. The van der Waals surface area contributed by atoms with Gasteiger partial charge >= 0.3 is 0 Å². The summed E-state index contributed by atoms with van der Waals surface area (Å²) in [5.74, 6) is -0.979. The number of amides is 1. The number of aromatic nitrogens is 2. The van der Waals surface area contributed by atoms with Crippen molar-refractivity contribution in [1.82, 2.24) is 9.55 Å². The average molecular weight is 383 g/mol. The number of carbonyl (C=O) groups is 1. The minimum absolute atomic E-state index is 0.275. The molecule has 0 radical (unpaired) electrons. The molecule has 0 fully saturated rings. The van der Waals surface area contributed by atoms with E-state index < -0.39 is 17.5 Å². The third-order valence-corrected chi connectivity index (χ3v) is 4.10. The van der Waals surface area contributed by atoms with Crippen LogP contribution in [-0.4, -0.2) is 15.5 Å². The number of carbonyl (C=O) groups excluding carboxylic acids is 1. The summed E-state index contributed by atoms with van der Waals surface area (Å²) in [4.78, 5) is 29.5. The Morgan fingerprint density at radius 1 is 1.04 bits per heavy atom. The Hall–Kier alpha value is -3.35. The quantitative estimate of drug-likeness (QED) is 0.705. The minimum Gasteiger partial charge on any atom is -0.325 e. The molecule has 0 saturated carbocycles. The number of halogens is 2. The fraction of sp³-hybridized carbons (Fsp3) is 0.190. The van der Waals surface area contributed by atoms with Crippen LogP contribution in [0.2, 0.25) is 0 Å². The van der Waals surface area contributed by atoms with Crippen molar-refractivity contribution in [1.29, 1.82) is 0 Å². The van der Waals surface area contributed by atoms with Crippen LogP contribution in [0.25, 0.3) is 11.4 Å². The number of nitrogens with zero attached hydrogens (tertiary/aromatic N) is 2. The van der Waals surface area contributed by atoms with Gasteiger partial charge in [-0.1, -0.05) is 13.3 Å². The van der Waals surface area contributed by atoms with E-state index in [-0.39, 0.29) is 12.1 Å². The van der Waals surface area contributed by atoms with Gasteiger partial charge in [-0.2, -0.15) is 0 Å². The first-order chi connectivity index (χ1) is 13.5. The molecule has 1 amide bonds. The van der Waals surface area contributed by atoms with Crippen LogP contribution >= 0.6 is 0 Å². The summed E-state index contributed by atoms with van der Waals surface area (Å²) in [6.45, 7) is 1.70. The maximum absolute atomic E-state index is 13.3. The molecule has 1 N–H and O–H groups in total. The summed E-state index contributed by atoms with van der Waals surface area (Å²) in [6, 6.07) is 12.3. The topological polar surface area (TPSA) is 64.0 Å². The summed E-state index contributed by atoms with van der Waals surface area (Å²) >= 11 is 0. The van der Waals surface area contributed by atoms with Gasteiger partial charge < -0.3 is 5.32 Å². The number of rotatable bonds is 6. The van der Waals surface area contributed by atoms with Crippen LogP contribution < -0.4 is 10.9 Å². The number of anilines is 1. The van der Waals surface area contributed by atoms with E-state index in [9.17, 15) is 18.4 Å². The van der Waals surface area contributed by atoms with E-state index in [2.05, 4.69) is 10.3 Å². The van der Waals surface area contributed by atoms with E-state index in [1.54, 1.807) is 0 Å². The maximum Gasteiger partial charge on any atom is 0.254 e. The van der Waals surface area contributed by atoms with E-state index in [0.717, 1.165) is 6.42 Å². The highest BCUT2D eigenvalue weighted by atomic mass is 19.1. The van der Waals surface area contributed by atoms with Gasteiger partial charge in [-0.05, 0) is 55.0 Å². The number of nitrogens with one attached hydrogen (secondary N) is 1. The lowest BCUT2D eigenvalue weighted by Gasteiger charge is -2.14. The monoisotopic (exact) mass is 383 g/mol. The number of hydrogen-bond donors (Lipinski definition) is 1. The van der Waals surface area contributed by atoms with Crippen molar-refractivity contribution in [2.45, 2.75) is 26.3 Å². The zero-order chi connectivity index (χ0) is 20.1. The zero-order valence-electron chi connectivity index (χ0n) is 15.3. The summed E-state index contributed by atoms with van der Waals surface area (Å²) in [6.07, 6.45) is 1.43. The minimum atomic E-state index is -0.456. The van der Waals surface area contributed by atoms with E-state index >= 15 is 0 Å². The van der Waals surface area contributed by atoms with Crippen LogP contribution in [-0.2, 0) is 17.8 Å². The van der Waals surface area contributed by atoms with Gasteiger partial charge in [0.25, 0.3) is 5.56 Å². The van der Waals surface area contributed by atoms with E-state index in [1.165, 1.54) is 59.2 Å². The smallest absolute Gasteiger partial charge is 0.254 e. The van der Waals surface area contributed by atoms with E-state index in [0.29, 0.717) is 29.2 Å². The highest BCUT2D eigenvalue weighted by Crippen LogP contribution is 2.18. The lowest BCUT2D eigenvalue weighted by atomic mass is 10.1. The van der Waals surface area contributed by atoms with Crippen molar-refractivity contribution >= 4 is 11.6 Å². The fourth-order valence-electron chi connectivity index (χ4n) is 2.79. The van der Waals surface area contributed by atoms with Crippen molar-refractivity contribution in [3.63, 3.8) is 0 Å². The van der Waals surface area contributed by atoms with Crippen molar-refractivity contribution in [2.75, 3.05) is 5.32 Å². The first kappa shape index (κ1) is 19.4. The molecule has 28 heavy (non-hydrogen) atoms. The molecule has 0 spiro atoms. The first-order valence-corrected chi connectivity index (χ1v) is 8.88. The van der Waals surface area contributed by atoms with Gasteiger partial charge in [0.2, 0.25) is 5.91 Å². The van der Waals surface area contributed by atoms with Gasteiger partial charge in [0, 0.05) is 23.0 Å². The van der Waals surface area contributed by atoms with Crippen LogP contribution in [0.15, 0.2) is 59.4 Å². The predicted molar refractivity (Wildman–Crippen MR) is 103 cm³/mol. The molecule has 0 aliphatic heterocycles. The number of hydrogen-bond acceptors (Lipinski definition) is 3. The van der Waals surface area contributed by atoms with Crippen LogP contribution in [0.4, 0.5) is 14.5 Å².